The van der Waals surface area contributed by atoms with Crippen molar-refractivity contribution in [1.29, 1.82) is 0 Å². The van der Waals surface area contributed by atoms with Crippen molar-refractivity contribution in [2.45, 2.75) is 26.8 Å². The Morgan fingerprint density at radius 2 is 2.18 bits per heavy atom. The third-order valence-corrected chi connectivity index (χ3v) is 3.91. The lowest BCUT2D eigenvalue weighted by Gasteiger charge is -2.28. The zero-order valence-corrected chi connectivity index (χ0v) is 12.4. The third kappa shape index (κ3) is 1.97. The third-order valence-electron chi connectivity index (χ3n) is 3.91. The maximum Gasteiger partial charge on any atom is 0.276 e. The van der Waals surface area contributed by atoms with Crippen LogP contribution in [0.4, 0.5) is 0 Å². The zero-order valence-electron chi connectivity index (χ0n) is 12.4. The monoisotopic (exact) mass is 297 g/mol. The van der Waals surface area contributed by atoms with Crippen molar-refractivity contribution in [3.63, 3.8) is 0 Å². The number of carbonyl (C=O) groups is 1. The first-order chi connectivity index (χ1) is 10.6. The Hall–Kier alpha value is -2.70. The van der Waals surface area contributed by atoms with Crippen LogP contribution in [0.2, 0.25) is 0 Å². The van der Waals surface area contributed by atoms with Gasteiger partial charge in [-0.05, 0) is 13.8 Å². The highest BCUT2D eigenvalue weighted by Crippen LogP contribution is 2.21. The fourth-order valence-electron chi connectivity index (χ4n) is 2.86. The fourth-order valence-corrected chi connectivity index (χ4v) is 2.86. The Balaban J connectivity index is 1.67. The summed E-state index contributed by atoms with van der Waals surface area (Å²) in [5.41, 5.74) is 4.29. The van der Waals surface area contributed by atoms with Crippen LogP contribution < -0.4 is 0 Å². The van der Waals surface area contributed by atoms with Crippen LogP contribution in [0.15, 0.2) is 22.9 Å². The van der Waals surface area contributed by atoms with Gasteiger partial charge < -0.3 is 9.42 Å². The molecule has 112 valence electrons. The Morgan fingerprint density at radius 3 is 2.95 bits per heavy atom. The maximum absolute atomic E-state index is 12.5. The Morgan fingerprint density at radius 1 is 1.32 bits per heavy atom. The number of aromatic nitrogens is 4. The predicted octanol–water partition coefficient (Wildman–Crippen LogP) is 1.53. The molecule has 0 unspecified atom stereocenters. The van der Waals surface area contributed by atoms with E-state index >= 15 is 0 Å². The number of aryl methyl sites for hydroxylation is 2. The van der Waals surface area contributed by atoms with Gasteiger partial charge in [-0.15, -0.1) is 0 Å². The van der Waals surface area contributed by atoms with Gasteiger partial charge in [0.1, 0.15) is 5.76 Å². The SMILES string of the molecule is Cc1cc2ncc3c(n2n1)CCN(C(=O)c1cc(C)on1)C3. The standard InChI is InChI=1S/C15H15N5O2/c1-9-5-14-16-7-11-8-19(4-3-13(11)20(14)17-9)15(21)12-6-10(2)22-18-12/h5-7H,3-4,8H2,1-2H3. The normalized spacial score (nSPS) is 14.4. The predicted molar refractivity (Wildman–Crippen MR) is 77.4 cm³/mol. The van der Waals surface area contributed by atoms with Crippen LogP contribution in [-0.2, 0) is 13.0 Å². The molecule has 0 fully saturated rings. The first kappa shape index (κ1) is 13.0. The van der Waals surface area contributed by atoms with E-state index in [0.29, 0.717) is 24.5 Å². The summed E-state index contributed by atoms with van der Waals surface area (Å²) in [6, 6.07) is 3.62. The number of hydrogen-bond donors (Lipinski definition) is 0. The molecule has 7 heteroatoms. The molecule has 4 rings (SSSR count). The van der Waals surface area contributed by atoms with Gasteiger partial charge in [-0.2, -0.15) is 5.10 Å². The van der Waals surface area contributed by atoms with Crippen molar-refractivity contribution in [3.8, 4) is 0 Å². The lowest BCUT2D eigenvalue weighted by molar-refractivity contribution is 0.0722. The molecular weight excluding hydrogens is 282 g/mol. The summed E-state index contributed by atoms with van der Waals surface area (Å²) in [6.45, 7) is 4.88. The second-order valence-electron chi connectivity index (χ2n) is 5.59. The first-order valence-electron chi connectivity index (χ1n) is 7.17. The van der Waals surface area contributed by atoms with Crippen molar-refractivity contribution < 1.29 is 9.32 Å². The smallest absolute Gasteiger partial charge is 0.276 e. The lowest BCUT2D eigenvalue weighted by Crippen LogP contribution is -2.37. The molecule has 22 heavy (non-hydrogen) atoms. The van der Waals surface area contributed by atoms with Crippen molar-refractivity contribution in [2.24, 2.45) is 0 Å². The number of nitrogens with zero attached hydrogens (tertiary/aromatic N) is 5. The summed E-state index contributed by atoms with van der Waals surface area (Å²) >= 11 is 0. The molecule has 0 radical (unpaired) electrons. The molecule has 1 aliphatic heterocycles. The van der Waals surface area contributed by atoms with E-state index < -0.39 is 0 Å². The molecule has 0 saturated heterocycles. The molecule has 1 aliphatic rings. The molecular formula is C15H15N5O2. The minimum Gasteiger partial charge on any atom is -0.361 e. The average molecular weight is 297 g/mol. The van der Waals surface area contributed by atoms with Crippen molar-refractivity contribution in [1.82, 2.24) is 24.7 Å². The molecule has 0 aromatic carbocycles. The van der Waals surface area contributed by atoms with Gasteiger partial charge in [-0.3, -0.25) is 4.79 Å². The molecule has 0 bridgehead atoms. The number of rotatable bonds is 1. The molecule has 0 aliphatic carbocycles. The molecule has 3 aromatic heterocycles. The lowest BCUT2D eigenvalue weighted by atomic mass is 10.1. The van der Waals surface area contributed by atoms with Gasteiger partial charge >= 0.3 is 0 Å². The number of hydrogen-bond acceptors (Lipinski definition) is 5. The van der Waals surface area contributed by atoms with Crippen LogP contribution in [-0.4, -0.2) is 37.1 Å². The minimum atomic E-state index is -0.112. The molecule has 3 aromatic rings. The summed E-state index contributed by atoms with van der Waals surface area (Å²) in [6.07, 6.45) is 2.58. The number of fused-ring (bicyclic) bond motifs is 3. The summed E-state index contributed by atoms with van der Waals surface area (Å²) in [5.74, 6) is 0.524. The van der Waals surface area contributed by atoms with Crippen LogP contribution >= 0.6 is 0 Å². The van der Waals surface area contributed by atoms with Gasteiger partial charge in [-0.25, -0.2) is 9.50 Å². The highest BCUT2D eigenvalue weighted by Gasteiger charge is 2.26. The van der Waals surface area contributed by atoms with E-state index in [9.17, 15) is 4.79 Å². The van der Waals surface area contributed by atoms with E-state index in [1.807, 2.05) is 23.7 Å². The first-order valence-corrected chi connectivity index (χ1v) is 7.17. The topological polar surface area (TPSA) is 76.5 Å². The van der Waals surface area contributed by atoms with E-state index in [2.05, 4.69) is 15.2 Å². The largest absolute Gasteiger partial charge is 0.361 e. The zero-order chi connectivity index (χ0) is 15.3. The molecule has 0 atom stereocenters. The van der Waals surface area contributed by atoms with Gasteiger partial charge in [-0.1, -0.05) is 5.16 Å². The van der Waals surface area contributed by atoms with Crippen LogP contribution in [0.3, 0.4) is 0 Å². The van der Waals surface area contributed by atoms with Crippen LogP contribution in [0.25, 0.3) is 5.65 Å². The van der Waals surface area contributed by atoms with Gasteiger partial charge in [0.15, 0.2) is 11.3 Å². The second-order valence-corrected chi connectivity index (χ2v) is 5.59. The summed E-state index contributed by atoms with van der Waals surface area (Å²) in [7, 11) is 0. The van der Waals surface area contributed by atoms with Crippen LogP contribution in [0.1, 0.15) is 33.2 Å². The second kappa shape index (κ2) is 4.66. The van der Waals surface area contributed by atoms with Crippen LogP contribution in [0, 0.1) is 13.8 Å². The average Bonchev–Trinajstić information content (AvgIpc) is 3.11. The van der Waals surface area contributed by atoms with E-state index in [0.717, 1.165) is 29.0 Å². The maximum atomic E-state index is 12.5. The van der Waals surface area contributed by atoms with Crippen molar-refractivity contribution >= 4 is 11.6 Å². The Kier molecular flexibility index (Phi) is 2.75. The van der Waals surface area contributed by atoms with Gasteiger partial charge in [0.2, 0.25) is 0 Å². The molecule has 7 nitrogen and oxygen atoms in total. The van der Waals surface area contributed by atoms with E-state index in [4.69, 9.17) is 4.52 Å². The van der Waals surface area contributed by atoms with Gasteiger partial charge in [0.25, 0.3) is 5.91 Å². The molecule has 1 amide bonds. The molecule has 4 heterocycles. The Bertz CT molecular complexity index is 879. The molecule has 0 saturated carbocycles. The fraction of sp³-hybridized carbons (Fsp3) is 0.333. The van der Waals surface area contributed by atoms with E-state index in [1.165, 1.54) is 0 Å². The highest BCUT2D eigenvalue weighted by molar-refractivity contribution is 5.92. The van der Waals surface area contributed by atoms with Gasteiger partial charge in [0, 0.05) is 43.4 Å². The minimum absolute atomic E-state index is 0.112. The van der Waals surface area contributed by atoms with Gasteiger partial charge in [0.05, 0.1) is 11.4 Å². The van der Waals surface area contributed by atoms with E-state index in [-0.39, 0.29) is 5.91 Å². The summed E-state index contributed by atoms with van der Waals surface area (Å²) in [4.78, 5) is 18.6. The summed E-state index contributed by atoms with van der Waals surface area (Å²) in [5, 5.41) is 8.28. The quantitative estimate of drug-likeness (QED) is 0.681. The van der Waals surface area contributed by atoms with Crippen molar-refractivity contribution in [2.75, 3.05) is 6.54 Å². The van der Waals surface area contributed by atoms with Crippen molar-refractivity contribution in [3.05, 3.63) is 46.7 Å². The number of amides is 1. The Labute approximate surface area is 126 Å². The number of carbonyl (C=O) groups excluding carboxylic acids is 1. The highest BCUT2D eigenvalue weighted by atomic mass is 16.5. The molecule has 0 spiro atoms. The molecule has 0 N–H and O–H groups in total. The van der Waals surface area contributed by atoms with E-state index in [1.54, 1.807) is 17.9 Å². The van der Waals surface area contributed by atoms with Crippen LogP contribution in [0.5, 0.6) is 0 Å². The summed E-state index contributed by atoms with van der Waals surface area (Å²) < 4.78 is 6.86.